The van der Waals surface area contributed by atoms with Crippen molar-refractivity contribution in [3.05, 3.63) is 95.1 Å². The lowest BCUT2D eigenvalue weighted by Gasteiger charge is -2.26. The first kappa shape index (κ1) is 23.6. The van der Waals surface area contributed by atoms with Crippen molar-refractivity contribution in [2.24, 2.45) is 0 Å². The molecule has 0 aliphatic carbocycles. The highest BCUT2D eigenvalue weighted by Crippen LogP contribution is 2.33. The smallest absolute Gasteiger partial charge is 0.256 e. The van der Waals surface area contributed by atoms with E-state index in [0.29, 0.717) is 36.3 Å². The molecular weight excluding hydrogens is 454 g/mol. The van der Waals surface area contributed by atoms with Crippen LogP contribution in [-0.2, 0) is 11.3 Å². The fourth-order valence-corrected chi connectivity index (χ4v) is 4.99. The highest BCUT2D eigenvalue weighted by atomic mass is 16.5. The van der Waals surface area contributed by atoms with Gasteiger partial charge < -0.3 is 19.9 Å². The Hall–Kier alpha value is -4.13. The Kier molecular flexibility index (Phi) is 6.46. The van der Waals surface area contributed by atoms with Crippen molar-refractivity contribution in [3.8, 4) is 5.75 Å². The number of methoxy groups -OCH3 is 1. The Morgan fingerprint density at radius 2 is 1.83 bits per heavy atom. The van der Waals surface area contributed by atoms with Gasteiger partial charge in [-0.2, -0.15) is 0 Å². The Morgan fingerprint density at radius 1 is 1.06 bits per heavy atom. The molecule has 3 aromatic rings. The van der Waals surface area contributed by atoms with E-state index in [-0.39, 0.29) is 23.8 Å². The average molecular weight is 484 g/mol. The summed E-state index contributed by atoms with van der Waals surface area (Å²) in [6.45, 7) is 2.86. The molecule has 0 bridgehead atoms. The summed E-state index contributed by atoms with van der Waals surface area (Å²) >= 11 is 0. The van der Waals surface area contributed by atoms with Crippen LogP contribution in [0.3, 0.4) is 0 Å². The number of hydrogen-bond donors (Lipinski definition) is 1. The Balaban J connectivity index is 1.33. The third kappa shape index (κ3) is 4.44. The summed E-state index contributed by atoms with van der Waals surface area (Å²) in [5, 5.41) is 3.02. The maximum atomic E-state index is 13.5. The number of rotatable bonds is 6. The molecule has 2 aliphatic heterocycles. The standard InChI is InChI=1S/C29H29N3O4/c1-19(22-7-5-8-23(17-22)36-2)30-27(33)21-14-12-20(13-15-21)18-32-25-10-4-3-9-24(25)28(34)31-16-6-11-26(31)29(32)35/h3-5,7-10,12-15,17,19,26H,6,11,16,18H2,1-2H3,(H,30,33)/t19-,26+/m1/s1. The second-order valence-corrected chi connectivity index (χ2v) is 9.27. The van der Waals surface area contributed by atoms with Crippen LogP contribution < -0.4 is 15.0 Å². The number of fused-ring (bicyclic) bond motifs is 2. The van der Waals surface area contributed by atoms with E-state index in [1.54, 1.807) is 35.1 Å². The monoisotopic (exact) mass is 483 g/mol. The fourth-order valence-electron chi connectivity index (χ4n) is 4.99. The van der Waals surface area contributed by atoms with E-state index in [4.69, 9.17) is 4.74 Å². The van der Waals surface area contributed by atoms with Gasteiger partial charge in [0.15, 0.2) is 0 Å². The predicted molar refractivity (Wildman–Crippen MR) is 137 cm³/mol. The van der Waals surface area contributed by atoms with E-state index in [9.17, 15) is 14.4 Å². The normalized spacial score (nSPS) is 17.8. The number of carbonyl (C=O) groups is 3. The molecule has 3 aromatic carbocycles. The van der Waals surface area contributed by atoms with Crippen molar-refractivity contribution in [2.45, 2.75) is 38.4 Å². The molecule has 2 atom stereocenters. The molecule has 0 saturated carbocycles. The van der Waals surface area contributed by atoms with Crippen LogP contribution in [0.25, 0.3) is 0 Å². The molecule has 2 heterocycles. The Morgan fingerprint density at radius 3 is 2.61 bits per heavy atom. The first-order valence-electron chi connectivity index (χ1n) is 12.2. The zero-order valence-corrected chi connectivity index (χ0v) is 20.4. The lowest BCUT2D eigenvalue weighted by atomic mass is 10.1. The van der Waals surface area contributed by atoms with Gasteiger partial charge in [0, 0.05) is 12.1 Å². The van der Waals surface area contributed by atoms with Crippen molar-refractivity contribution >= 4 is 23.4 Å². The second-order valence-electron chi connectivity index (χ2n) is 9.27. The van der Waals surface area contributed by atoms with Crippen LogP contribution in [0.15, 0.2) is 72.8 Å². The minimum Gasteiger partial charge on any atom is -0.497 e. The number of carbonyl (C=O) groups excluding carboxylic acids is 3. The first-order chi connectivity index (χ1) is 17.5. The molecule has 36 heavy (non-hydrogen) atoms. The van der Waals surface area contributed by atoms with Crippen molar-refractivity contribution < 1.29 is 19.1 Å². The predicted octanol–water partition coefficient (Wildman–Crippen LogP) is 4.34. The minimum absolute atomic E-state index is 0.0558. The van der Waals surface area contributed by atoms with E-state index in [2.05, 4.69) is 5.32 Å². The molecule has 7 nitrogen and oxygen atoms in total. The maximum absolute atomic E-state index is 13.5. The Bertz CT molecular complexity index is 1300. The van der Waals surface area contributed by atoms with Crippen LogP contribution >= 0.6 is 0 Å². The third-order valence-corrected chi connectivity index (χ3v) is 6.99. The molecule has 2 aliphatic rings. The lowest BCUT2D eigenvalue weighted by Crippen LogP contribution is -2.44. The van der Waals surface area contributed by atoms with Gasteiger partial charge in [-0.15, -0.1) is 0 Å². The molecule has 7 heteroatoms. The number of hydrogen-bond acceptors (Lipinski definition) is 4. The zero-order chi connectivity index (χ0) is 25.2. The van der Waals surface area contributed by atoms with Gasteiger partial charge in [0.2, 0.25) is 5.91 Å². The van der Waals surface area contributed by atoms with E-state index in [1.807, 2.05) is 61.5 Å². The van der Waals surface area contributed by atoms with Crippen LogP contribution in [0.5, 0.6) is 5.75 Å². The zero-order valence-electron chi connectivity index (χ0n) is 20.4. The highest BCUT2D eigenvalue weighted by Gasteiger charge is 2.41. The summed E-state index contributed by atoms with van der Waals surface area (Å²) < 4.78 is 5.27. The second kappa shape index (κ2) is 9.85. The van der Waals surface area contributed by atoms with E-state index >= 15 is 0 Å². The summed E-state index contributed by atoms with van der Waals surface area (Å²) in [6.07, 6.45) is 1.51. The van der Waals surface area contributed by atoms with Gasteiger partial charge in [-0.05, 0) is 67.3 Å². The molecule has 0 spiro atoms. The van der Waals surface area contributed by atoms with Crippen molar-refractivity contribution in [1.82, 2.24) is 10.2 Å². The quantitative estimate of drug-likeness (QED) is 0.566. The van der Waals surface area contributed by atoms with Crippen molar-refractivity contribution in [2.75, 3.05) is 18.6 Å². The fraction of sp³-hybridized carbons (Fsp3) is 0.276. The summed E-state index contributed by atoms with van der Waals surface area (Å²) in [7, 11) is 1.61. The van der Waals surface area contributed by atoms with Gasteiger partial charge in [0.1, 0.15) is 11.8 Å². The molecule has 1 fully saturated rings. The van der Waals surface area contributed by atoms with E-state index < -0.39 is 6.04 Å². The van der Waals surface area contributed by atoms with Crippen LogP contribution in [0.2, 0.25) is 0 Å². The molecule has 184 valence electrons. The van der Waals surface area contributed by atoms with Crippen LogP contribution in [-0.4, -0.2) is 42.3 Å². The lowest BCUT2D eigenvalue weighted by molar-refractivity contribution is -0.122. The molecule has 0 radical (unpaired) electrons. The summed E-state index contributed by atoms with van der Waals surface area (Å²) in [6, 6.07) is 21.5. The number of para-hydroxylation sites is 1. The van der Waals surface area contributed by atoms with Crippen LogP contribution in [0.1, 0.15) is 57.7 Å². The number of nitrogens with zero attached hydrogens (tertiary/aromatic N) is 2. The van der Waals surface area contributed by atoms with Gasteiger partial charge in [-0.25, -0.2) is 0 Å². The number of amides is 3. The summed E-state index contributed by atoms with van der Waals surface area (Å²) in [5.41, 5.74) is 3.56. The van der Waals surface area contributed by atoms with E-state index in [0.717, 1.165) is 23.3 Å². The topological polar surface area (TPSA) is 79.0 Å². The van der Waals surface area contributed by atoms with Crippen molar-refractivity contribution in [1.29, 1.82) is 0 Å². The van der Waals surface area contributed by atoms with Gasteiger partial charge >= 0.3 is 0 Å². The molecule has 0 aromatic heterocycles. The average Bonchev–Trinajstić information content (AvgIpc) is 3.39. The van der Waals surface area contributed by atoms with Crippen LogP contribution in [0, 0.1) is 0 Å². The SMILES string of the molecule is COc1cccc([C@@H](C)NC(=O)c2ccc(CN3C(=O)[C@@H]4CCCN4C(=O)c4ccccc43)cc2)c1. The summed E-state index contributed by atoms with van der Waals surface area (Å²) in [5.74, 6) is 0.422. The number of benzene rings is 3. The third-order valence-electron chi connectivity index (χ3n) is 6.99. The maximum Gasteiger partial charge on any atom is 0.256 e. The highest BCUT2D eigenvalue weighted by molar-refractivity contribution is 6.11. The number of nitrogens with one attached hydrogen (secondary N) is 1. The van der Waals surface area contributed by atoms with Crippen molar-refractivity contribution in [3.63, 3.8) is 0 Å². The van der Waals surface area contributed by atoms with Gasteiger partial charge in [0.25, 0.3) is 11.8 Å². The number of ether oxygens (including phenoxy) is 1. The summed E-state index contributed by atoms with van der Waals surface area (Å²) in [4.78, 5) is 42.9. The van der Waals surface area contributed by atoms with E-state index in [1.165, 1.54) is 0 Å². The molecular formula is C29H29N3O4. The molecule has 0 unspecified atom stereocenters. The molecule has 1 N–H and O–H groups in total. The minimum atomic E-state index is -0.423. The van der Waals surface area contributed by atoms with Gasteiger partial charge in [-0.1, -0.05) is 36.4 Å². The Labute approximate surface area is 210 Å². The van der Waals surface area contributed by atoms with Gasteiger partial charge in [-0.3, -0.25) is 14.4 Å². The molecule has 5 rings (SSSR count). The van der Waals surface area contributed by atoms with Crippen LogP contribution in [0.4, 0.5) is 5.69 Å². The van der Waals surface area contributed by atoms with Gasteiger partial charge in [0.05, 0.1) is 30.9 Å². The molecule has 3 amide bonds. The largest absolute Gasteiger partial charge is 0.497 e. The first-order valence-corrected chi connectivity index (χ1v) is 12.2. The number of anilines is 1. The molecule has 1 saturated heterocycles.